The topological polar surface area (TPSA) is 41.6 Å². The zero-order valence-corrected chi connectivity index (χ0v) is 16.6. The van der Waals surface area contributed by atoms with E-state index >= 15 is 0 Å². The lowest BCUT2D eigenvalue weighted by molar-refractivity contribution is -0.120. The number of nitrogens with zero attached hydrogens (tertiary/aromatic N) is 1. The van der Waals surface area contributed by atoms with Gasteiger partial charge in [0.15, 0.2) is 0 Å². The van der Waals surface area contributed by atoms with Crippen molar-refractivity contribution >= 4 is 5.91 Å². The average Bonchev–Trinajstić information content (AvgIpc) is 3.21. The molecular formula is C22H31FN2O2. The van der Waals surface area contributed by atoms with Crippen LogP contribution < -0.4 is 5.32 Å². The van der Waals surface area contributed by atoms with E-state index in [0.29, 0.717) is 24.8 Å². The Hall–Kier alpha value is -1.46. The van der Waals surface area contributed by atoms with E-state index in [1.165, 1.54) is 12.1 Å². The van der Waals surface area contributed by atoms with Crippen LogP contribution in [0, 0.1) is 23.1 Å². The molecule has 3 aliphatic rings. The summed E-state index contributed by atoms with van der Waals surface area (Å²) in [7, 11) is 0. The fourth-order valence-electron chi connectivity index (χ4n) is 5.43. The van der Waals surface area contributed by atoms with Crippen LogP contribution in [0.3, 0.4) is 0 Å². The Bertz CT molecular complexity index is 699. The summed E-state index contributed by atoms with van der Waals surface area (Å²) in [5.74, 6) is 0.651. The van der Waals surface area contributed by atoms with Gasteiger partial charge in [-0.15, -0.1) is 0 Å². The maximum atomic E-state index is 13.0. The summed E-state index contributed by atoms with van der Waals surface area (Å²) >= 11 is 0. The molecule has 4 nitrogen and oxygen atoms in total. The number of hydrogen-bond donors (Lipinski definition) is 1. The van der Waals surface area contributed by atoms with E-state index < -0.39 is 0 Å². The predicted molar refractivity (Wildman–Crippen MR) is 103 cm³/mol. The fraction of sp³-hybridized carbons (Fsp3) is 0.682. The zero-order valence-electron chi connectivity index (χ0n) is 16.6. The first-order valence-electron chi connectivity index (χ1n) is 10.2. The minimum atomic E-state index is -0.273. The number of likely N-dealkylation sites (tertiary alicyclic amines) is 1. The monoisotopic (exact) mass is 374 g/mol. The molecule has 1 spiro atoms. The van der Waals surface area contributed by atoms with Crippen molar-refractivity contribution in [3.8, 4) is 0 Å². The van der Waals surface area contributed by atoms with Crippen molar-refractivity contribution in [3.05, 3.63) is 35.6 Å². The Morgan fingerprint density at radius 2 is 2.07 bits per heavy atom. The SMILES string of the molecule is CC(C)(C)CN1C[C@@H]2[C@H](CNC(=O)Cc3ccc(F)cc3)[C@H]3CC[C@]2(C1)O3. The van der Waals surface area contributed by atoms with Gasteiger partial charge in [0.2, 0.25) is 5.91 Å². The fourth-order valence-corrected chi connectivity index (χ4v) is 5.43. The number of amides is 1. The van der Waals surface area contributed by atoms with E-state index in [-0.39, 0.29) is 28.8 Å². The smallest absolute Gasteiger partial charge is 0.224 e. The lowest BCUT2D eigenvalue weighted by Crippen LogP contribution is -2.42. The highest BCUT2D eigenvalue weighted by molar-refractivity contribution is 5.78. The van der Waals surface area contributed by atoms with E-state index in [9.17, 15) is 9.18 Å². The van der Waals surface area contributed by atoms with Gasteiger partial charge in [-0.2, -0.15) is 0 Å². The van der Waals surface area contributed by atoms with Crippen LogP contribution in [-0.2, 0) is 16.0 Å². The Balaban J connectivity index is 1.34. The lowest BCUT2D eigenvalue weighted by atomic mass is 9.73. The normalized spacial score (nSPS) is 32.7. The van der Waals surface area contributed by atoms with Crippen molar-refractivity contribution in [2.75, 3.05) is 26.2 Å². The summed E-state index contributed by atoms with van der Waals surface area (Å²) in [6, 6.07) is 6.15. The molecule has 2 bridgehead atoms. The summed E-state index contributed by atoms with van der Waals surface area (Å²) in [6.45, 7) is 10.7. The van der Waals surface area contributed by atoms with Gasteiger partial charge in [0.05, 0.1) is 18.1 Å². The molecule has 3 fully saturated rings. The Kier molecular flexibility index (Phi) is 4.79. The van der Waals surface area contributed by atoms with Crippen molar-refractivity contribution < 1.29 is 13.9 Å². The van der Waals surface area contributed by atoms with Gasteiger partial charge in [0.1, 0.15) is 5.82 Å². The third-order valence-corrected chi connectivity index (χ3v) is 6.37. The number of ether oxygens (including phenoxy) is 1. The zero-order chi connectivity index (χ0) is 19.2. The molecule has 0 aromatic heterocycles. The molecule has 1 aromatic rings. The van der Waals surface area contributed by atoms with Crippen LogP contribution in [0.4, 0.5) is 4.39 Å². The Morgan fingerprint density at radius 3 is 2.78 bits per heavy atom. The largest absolute Gasteiger partial charge is 0.370 e. The molecular weight excluding hydrogens is 343 g/mol. The summed E-state index contributed by atoms with van der Waals surface area (Å²) in [4.78, 5) is 14.9. The highest BCUT2D eigenvalue weighted by Crippen LogP contribution is 2.54. The van der Waals surface area contributed by atoms with Crippen LogP contribution in [0.2, 0.25) is 0 Å². The quantitative estimate of drug-likeness (QED) is 0.861. The summed E-state index contributed by atoms with van der Waals surface area (Å²) in [5, 5.41) is 3.11. The van der Waals surface area contributed by atoms with E-state index in [4.69, 9.17) is 4.74 Å². The molecule has 0 aliphatic carbocycles. The number of benzene rings is 1. The minimum Gasteiger partial charge on any atom is -0.370 e. The van der Waals surface area contributed by atoms with Gasteiger partial charge in [0, 0.05) is 38.0 Å². The van der Waals surface area contributed by atoms with Crippen LogP contribution in [0.25, 0.3) is 0 Å². The molecule has 0 unspecified atom stereocenters. The lowest BCUT2D eigenvalue weighted by Gasteiger charge is -2.29. The third kappa shape index (κ3) is 3.90. The highest BCUT2D eigenvalue weighted by atomic mass is 19.1. The van der Waals surface area contributed by atoms with Crippen LogP contribution in [0.1, 0.15) is 39.2 Å². The minimum absolute atomic E-state index is 0.00276. The van der Waals surface area contributed by atoms with Crippen molar-refractivity contribution in [2.24, 2.45) is 17.3 Å². The maximum Gasteiger partial charge on any atom is 0.224 e. The van der Waals surface area contributed by atoms with Gasteiger partial charge in [-0.1, -0.05) is 32.9 Å². The van der Waals surface area contributed by atoms with Crippen molar-refractivity contribution in [2.45, 2.75) is 51.7 Å². The summed E-state index contributed by atoms with van der Waals surface area (Å²) < 4.78 is 19.5. The number of halogens is 1. The van der Waals surface area contributed by atoms with Gasteiger partial charge >= 0.3 is 0 Å². The second kappa shape index (κ2) is 6.85. The number of carbonyl (C=O) groups excluding carboxylic acids is 1. The number of nitrogens with one attached hydrogen (secondary N) is 1. The molecule has 3 heterocycles. The van der Waals surface area contributed by atoms with Gasteiger partial charge in [-0.3, -0.25) is 9.69 Å². The number of rotatable bonds is 5. The van der Waals surface area contributed by atoms with E-state index in [1.807, 2.05) is 0 Å². The number of carbonyl (C=O) groups is 1. The molecule has 27 heavy (non-hydrogen) atoms. The van der Waals surface area contributed by atoms with Crippen molar-refractivity contribution in [1.82, 2.24) is 10.2 Å². The number of hydrogen-bond acceptors (Lipinski definition) is 3. The van der Waals surface area contributed by atoms with Crippen molar-refractivity contribution in [3.63, 3.8) is 0 Å². The first-order valence-corrected chi connectivity index (χ1v) is 10.2. The summed E-state index contributed by atoms with van der Waals surface area (Å²) in [5.41, 5.74) is 1.14. The molecule has 148 valence electrons. The second-order valence-corrected chi connectivity index (χ2v) is 9.87. The summed E-state index contributed by atoms with van der Waals surface area (Å²) in [6.07, 6.45) is 2.85. The third-order valence-electron chi connectivity index (χ3n) is 6.37. The number of fused-ring (bicyclic) bond motifs is 1. The Morgan fingerprint density at radius 1 is 1.33 bits per heavy atom. The van der Waals surface area contributed by atoms with Gasteiger partial charge in [-0.25, -0.2) is 4.39 Å². The molecule has 5 heteroatoms. The predicted octanol–water partition coefficient (Wildman–Crippen LogP) is 3.01. The second-order valence-electron chi connectivity index (χ2n) is 9.87. The molecule has 1 amide bonds. The van der Waals surface area contributed by atoms with Crippen LogP contribution in [0.15, 0.2) is 24.3 Å². The van der Waals surface area contributed by atoms with E-state index in [0.717, 1.165) is 38.0 Å². The molecule has 1 N–H and O–H groups in total. The van der Waals surface area contributed by atoms with Gasteiger partial charge in [0.25, 0.3) is 0 Å². The van der Waals surface area contributed by atoms with Crippen LogP contribution in [0.5, 0.6) is 0 Å². The molecule has 3 aliphatic heterocycles. The molecule has 1 aromatic carbocycles. The van der Waals surface area contributed by atoms with Crippen LogP contribution >= 0.6 is 0 Å². The molecule has 4 rings (SSSR count). The highest BCUT2D eigenvalue weighted by Gasteiger charge is 2.62. The standard InChI is InChI=1S/C22H31FN2O2/c1-21(2,3)13-25-12-18-17(19-8-9-22(18,14-25)27-19)11-24-20(26)10-15-4-6-16(23)7-5-15/h4-7,17-19H,8-14H2,1-3H3,(H,24,26)/t17-,18+,19+,22+/m0/s1. The van der Waals surface area contributed by atoms with Crippen molar-refractivity contribution in [1.29, 1.82) is 0 Å². The van der Waals surface area contributed by atoms with E-state index in [2.05, 4.69) is 31.0 Å². The van der Waals surface area contributed by atoms with Gasteiger partial charge < -0.3 is 10.1 Å². The van der Waals surface area contributed by atoms with E-state index in [1.54, 1.807) is 12.1 Å². The maximum absolute atomic E-state index is 13.0. The Labute approximate surface area is 161 Å². The van der Waals surface area contributed by atoms with Crippen LogP contribution in [-0.4, -0.2) is 48.7 Å². The molecule has 0 saturated carbocycles. The first kappa shape index (κ1) is 18.9. The molecule has 4 atom stereocenters. The first-order chi connectivity index (χ1) is 12.7. The van der Waals surface area contributed by atoms with Gasteiger partial charge in [-0.05, 0) is 36.0 Å². The molecule has 3 saturated heterocycles. The molecule has 0 radical (unpaired) electrons. The average molecular weight is 375 g/mol.